The van der Waals surface area contributed by atoms with Crippen molar-refractivity contribution in [3.63, 3.8) is 0 Å². The maximum atomic E-state index is 13.4. The Kier molecular flexibility index (Phi) is 11.1. The summed E-state index contributed by atoms with van der Waals surface area (Å²) in [6, 6.07) is 18.6. The molecule has 0 radical (unpaired) electrons. The van der Waals surface area contributed by atoms with Gasteiger partial charge in [-0.05, 0) is 49.4 Å². The Morgan fingerprint density at radius 1 is 1.05 bits per heavy atom. The van der Waals surface area contributed by atoms with Crippen molar-refractivity contribution in [2.24, 2.45) is 0 Å². The van der Waals surface area contributed by atoms with E-state index in [1.807, 2.05) is 54.6 Å². The molecule has 204 valence electrons. The molecule has 2 aromatic carbocycles. The van der Waals surface area contributed by atoms with Crippen molar-refractivity contribution >= 4 is 39.6 Å². The van der Waals surface area contributed by atoms with Crippen LogP contribution in [-0.4, -0.2) is 47.4 Å². The van der Waals surface area contributed by atoms with Crippen LogP contribution >= 0.6 is 15.9 Å². The van der Waals surface area contributed by atoms with Crippen LogP contribution < -0.4 is 15.7 Å². The quantitative estimate of drug-likeness (QED) is 0.104. The van der Waals surface area contributed by atoms with Gasteiger partial charge in [-0.15, -0.1) is 0 Å². The molecule has 3 rings (SSSR count). The molecule has 2 atom stereocenters. The molecular formula is C29H30BrN4O5-. The summed E-state index contributed by atoms with van der Waals surface area (Å²) in [5, 5.41) is 24.0. The van der Waals surface area contributed by atoms with Crippen molar-refractivity contribution in [1.29, 1.82) is 5.41 Å². The number of rotatable bonds is 13. The molecule has 0 fully saturated rings. The lowest BCUT2D eigenvalue weighted by Gasteiger charge is -2.22. The van der Waals surface area contributed by atoms with E-state index >= 15 is 0 Å². The minimum atomic E-state index is -0.958. The normalized spacial score (nSPS) is 12.5. The molecule has 9 nitrogen and oxygen atoms in total. The van der Waals surface area contributed by atoms with Gasteiger partial charge in [-0.1, -0.05) is 70.5 Å². The zero-order valence-electron chi connectivity index (χ0n) is 21.4. The van der Waals surface area contributed by atoms with E-state index in [9.17, 15) is 19.5 Å². The van der Waals surface area contributed by atoms with E-state index < -0.39 is 35.8 Å². The molecule has 2 amide bonds. The first kappa shape index (κ1) is 29.4. The molecular weight excluding hydrogens is 564 g/mol. The largest absolute Gasteiger partial charge is 0.862 e. The van der Waals surface area contributed by atoms with Crippen molar-refractivity contribution in [2.75, 3.05) is 6.61 Å². The molecule has 0 aliphatic rings. The fourth-order valence-electron chi connectivity index (χ4n) is 3.83. The Bertz CT molecular complexity index is 1320. The minimum Gasteiger partial charge on any atom is -0.862 e. The van der Waals surface area contributed by atoms with Gasteiger partial charge in [-0.25, -0.2) is 4.79 Å². The van der Waals surface area contributed by atoms with Crippen LogP contribution in [0.4, 0.5) is 0 Å². The molecule has 3 aromatic rings. The number of carbonyl (C=O) groups is 3. The number of amides is 2. The summed E-state index contributed by atoms with van der Waals surface area (Å²) in [5.41, 5.74) is 2.74. The molecule has 4 N–H and O–H groups in total. The van der Waals surface area contributed by atoms with Crippen molar-refractivity contribution < 1.29 is 24.2 Å². The summed E-state index contributed by atoms with van der Waals surface area (Å²) >= 11 is 3.51. The van der Waals surface area contributed by atoms with Gasteiger partial charge in [-0.2, -0.15) is 0 Å². The molecule has 0 saturated heterocycles. The van der Waals surface area contributed by atoms with Crippen LogP contribution in [0.1, 0.15) is 35.8 Å². The van der Waals surface area contributed by atoms with Crippen molar-refractivity contribution in [3.8, 4) is 11.3 Å². The lowest BCUT2D eigenvalue weighted by atomic mass is 10.0. The van der Waals surface area contributed by atoms with Gasteiger partial charge in [0.05, 0.1) is 6.61 Å². The molecule has 0 saturated carbocycles. The average molecular weight is 594 g/mol. The maximum Gasteiger partial charge on any atom is 0.330 e. The Balaban J connectivity index is 1.79. The van der Waals surface area contributed by atoms with Crippen molar-refractivity contribution in [3.05, 3.63) is 94.6 Å². The third kappa shape index (κ3) is 9.26. The first-order chi connectivity index (χ1) is 18.8. The summed E-state index contributed by atoms with van der Waals surface area (Å²) in [6.45, 7) is 1.87. The Morgan fingerprint density at radius 2 is 1.77 bits per heavy atom. The number of hydrogen-bond acceptors (Lipinski definition) is 6. The molecule has 1 heterocycles. The molecule has 39 heavy (non-hydrogen) atoms. The van der Waals surface area contributed by atoms with Crippen LogP contribution in [-0.2, 0) is 20.7 Å². The van der Waals surface area contributed by atoms with E-state index in [1.54, 1.807) is 19.1 Å². The number of ether oxygens (including phenoxy) is 1. The van der Waals surface area contributed by atoms with Gasteiger partial charge < -0.3 is 30.9 Å². The smallest absolute Gasteiger partial charge is 0.330 e. The number of aromatic nitrogens is 1. The van der Waals surface area contributed by atoms with E-state index in [4.69, 9.17) is 10.1 Å². The first-order valence-electron chi connectivity index (χ1n) is 12.4. The number of halogens is 1. The second kappa shape index (κ2) is 14.7. The number of carbonyl (C=O) groups excluding carboxylic acids is 3. The standard InChI is InChI=1S/C29H31BrN4O5/c1-2-39-27(36)17-13-20(12-16-26(31)35)32-29(38)25(18-19-8-4-3-5-9-19)34-28(37)24-15-14-23(33-24)21-10-6-7-11-22(21)30/h3-11,13-15,17,20,25,33H,2,12,16,18H2,1H3,(H2,31,35)(H,32,38)(H,34,37)/p-1/b17-13+/t20-,25-/m0/s1. The number of aromatic amines is 1. The number of hydrogen-bond donors (Lipinski definition) is 4. The molecule has 0 bridgehead atoms. The summed E-state index contributed by atoms with van der Waals surface area (Å²) in [4.78, 5) is 41.5. The zero-order valence-corrected chi connectivity index (χ0v) is 23.0. The van der Waals surface area contributed by atoms with E-state index in [1.165, 1.54) is 12.2 Å². The van der Waals surface area contributed by atoms with Gasteiger partial charge in [0.1, 0.15) is 11.7 Å². The van der Waals surface area contributed by atoms with Gasteiger partial charge >= 0.3 is 5.97 Å². The monoisotopic (exact) mass is 593 g/mol. The highest BCUT2D eigenvalue weighted by molar-refractivity contribution is 9.10. The SMILES string of the molecule is CCOC(=O)/C=C/[C@H](CCC(=N)[O-])NC(=O)[C@H](Cc1ccccc1)NC(=O)c1ccc(-c2ccccc2Br)[nH]1. The Hall–Kier alpha value is -4.18. The molecule has 0 aliphatic carbocycles. The van der Waals surface area contributed by atoms with Gasteiger partial charge in [0.15, 0.2) is 0 Å². The topological polar surface area (TPSA) is 147 Å². The lowest BCUT2D eigenvalue weighted by molar-refractivity contribution is -0.220. The van der Waals surface area contributed by atoms with Crippen LogP contribution in [0.5, 0.6) is 0 Å². The van der Waals surface area contributed by atoms with Crippen LogP contribution in [0.2, 0.25) is 0 Å². The van der Waals surface area contributed by atoms with E-state index in [0.29, 0.717) is 0 Å². The van der Waals surface area contributed by atoms with Crippen LogP contribution in [0.25, 0.3) is 11.3 Å². The van der Waals surface area contributed by atoms with E-state index in [2.05, 4.69) is 31.5 Å². The summed E-state index contributed by atoms with van der Waals surface area (Å²) in [5.74, 6) is -2.35. The molecule has 0 aliphatic heterocycles. The van der Waals surface area contributed by atoms with Gasteiger partial charge in [-0.3, -0.25) is 9.59 Å². The number of esters is 1. The molecule has 0 spiro atoms. The fraction of sp³-hybridized carbons (Fsp3) is 0.241. The highest BCUT2D eigenvalue weighted by Gasteiger charge is 2.24. The first-order valence-corrected chi connectivity index (χ1v) is 13.2. The third-order valence-corrected chi connectivity index (χ3v) is 6.45. The number of nitrogens with one attached hydrogen (secondary N) is 4. The van der Waals surface area contributed by atoms with Crippen LogP contribution in [0.3, 0.4) is 0 Å². The Morgan fingerprint density at radius 3 is 2.46 bits per heavy atom. The predicted octanol–water partition coefficient (Wildman–Crippen LogP) is 3.51. The minimum absolute atomic E-state index is 0.113. The van der Waals surface area contributed by atoms with Crippen molar-refractivity contribution in [1.82, 2.24) is 15.6 Å². The third-order valence-electron chi connectivity index (χ3n) is 5.76. The molecule has 0 unspecified atom stereocenters. The van der Waals surface area contributed by atoms with Gasteiger partial charge in [0, 0.05) is 34.3 Å². The second-order valence-electron chi connectivity index (χ2n) is 8.67. The molecule has 10 heteroatoms. The zero-order chi connectivity index (χ0) is 28.2. The fourth-order valence-corrected chi connectivity index (χ4v) is 4.33. The van der Waals surface area contributed by atoms with E-state index in [-0.39, 0.29) is 31.6 Å². The Labute approximate surface area is 235 Å². The summed E-state index contributed by atoms with van der Waals surface area (Å²) < 4.78 is 5.76. The number of H-pyrrole nitrogens is 1. The highest BCUT2D eigenvalue weighted by Crippen LogP contribution is 2.27. The average Bonchev–Trinajstić information content (AvgIpc) is 3.41. The highest BCUT2D eigenvalue weighted by atomic mass is 79.9. The maximum absolute atomic E-state index is 13.4. The van der Waals surface area contributed by atoms with E-state index in [0.717, 1.165) is 21.3 Å². The number of benzene rings is 2. The second-order valence-corrected chi connectivity index (χ2v) is 9.52. The summed E-state index contributed by atoms with van der Waals surface area (Å²) in [7, 11) is 0. The van der Waals surface area contributed by atoms with Crippen LogP contribution in [0, 0.1) is 5.41 Å². The van der Waals surface area contributed by atoms with Gasteiger partial charge in [0.2, 0.25) is 5.91 Å². The van der Waals surface area contributed by atoms with Crippen LogP contribution in [0.15, 0.2) is 83.4 Å². The van der Waals surface area contributed by atoms with Crippen molar-refractivity contribution in [2.45, 2.75) is 38.3 Å². The van der Waals surface area contributed by atoms with Gasteiger partial charge in [0.25, 0.3) is 5.91 Å². The molecule has 1 aromatic heterocycles. The lowest BCUT2D eigenvalue weighted by Crippen LogP contribution is -2.50. The predicted molar refractivity (Wildman–Crippen MR) is 150 cm³/mol. The summed E-state index contributed by atoms with van der Waals surface area (Å²) in [6.07, 6.45) is 2.81.